The molecule has 3 atom stereocenters. The SMILES string of the molecule is CNC(C1=CCCCO1)C1COC(C)C1. The Hall–Kier alpha value is -0.540. The lowest BCUT2D eigenvalue weighted by molar-refractivity contribution is 0.110. The normalized spacial score (nSPS) is 33.3. The van der Waals surface area contributed by atoms with E-state index in [1.165, 1.54) is 0 Å². The summed E-state index contributed by atoms with van der Waals surface area (Å²) in [6.45, 7) is 3.86. The van der Waals surface area contributed by atoms with Crippen molar-refractivity contribution in [1.82, 2.24) is 5.32 Å². The van der Waals surface area contributed by atoms with Crippen molar-refractivity contribution in [2.24, 2.45) is 5.92 Å². The summed E-state index contributed by atoms with van der Waals surface area (Å²) in [5.74, 6) is 1.70. The molecule has 1 saturated heterocycles. The van der Waals surface area contributed by atoms with Gasteiger partial charge in [-0.25, -0.2) is 0 Å². The average Bonchev–Trinajstić information content (AvgIpc) is 2.68. The maximum Gasteiger partial charge on any atom is 0.109 e. The first-order chi connectivity index (χ1) is 7.31. The Morgan fingerprint density at radius 2 is 2.40 bits per heavy atom. The van der Waals surface area contributed by atoms with Gasteiger partial charge in [-0.3, -0.25) is 0 Å². The number of likely N-dealkylation sites (N-methyl/N-ethyl adjacent to an activating group) is 1. The van der Waals surface area contributed by atoms with Crippen molar-refractivity contribution in [3.05, 3.63) is 11.8 Å². The molecule has 3 unspecified atom stereocenters. The molecule has 0 amide bonds. The number of hydrogen-bond acceptors (Lipinski definition) is 3. The van der Waals surface area contributed by atoms with Crippen LogP contribution in [-0.4, -0.2) is 32.4 Å². The van der Waals surface area contributed by atoms with Gasteiger partial charge in [-0.1, -0.05) is 0 Å². The van der Waals surface area contributed by atoms with E-state index in [2.05, 4.69) is 18.3 Å². The van der Waals surface area contributed by atoms with Gasteiger partial charge in [0.05, 0.1) is 25.4 Å². The predicted molar refractivity (Wildman–Crippen MR) is 59.6 cm³/mol. The first-order valence-corrected chi connectivity index (χ1v) is 5.93. The van der Waals surface area contributed by atoms with Crippen molar-refractivity contribution < 1.29 is 9.47 Å². The Kier molecular flexibility index (Phi) is 3.65. The van der Waals surface area contributed by atoms with Crippen molar-refractivity contribution >= 4 is 0 Å². The molecule has 0 aliphatic carbocycles. The summed E-state index contributed by atoms with van der Waals surface area (Å²) in [5, 5.41) is 3.36. The van der Waals surface area contributed by atoms with Crippen LogP contribution in [0.5, 0.6) is 0 Å². The second-order valence-corrected chi connectivity index (χ2v) is 4.50. The highest BCUT2D eigenvalue weighted by Gasteiger charge is 2.32. The lowest BCUT2D eigenvalue weighted by Gasteiger charge is -2.27. The van der Waals surface area contributed by atoms with Crippen molar-refractivity contribution in [2.75, 3.05) is 20.3 Å². The summed E-state index contributed by atoms with van der Waals surface area (Å²) in [6, 6.07) is 0.343. The maximum absolute atomic E-state index is 5.72. The number of ether oxygens (including phenoxy) is 2. The zero-order valence-electron chi connectivity index (χ0n) is 9.66. The van der Waals surface area contributed by atoms with Gasteiger partial charge in [0.15, 0.2) is 0 Å². The standard InChI is InChI=1S/C12H21NO2/c1-9-7-10(8-15-9)12(13-2)11-5-3-4-6-14-11/h5,9-10,12-13H,3-4,6-8H2,1-2H3. The zero-order chi connectivity index (χ0) is 10.7. The summed E-state index contributed by atoms with van der Waals surface area (Å²) < 4.78 is 11.3. The van der Waals surface area contributed by atoms with Gasteiger partial charge < -0.3 is 14.8 Å². The molecule has 2 rings (SSSR count). The number of nitrogens with one attached hydrogen (secondary N) is 1. The number of hydrogen-bond donors (Lipinski definition) is 1. The first-order valence-electron chi connectivity index (χ1n) is 5.93. The summed E-state index contributed by atoms with van der Waals surface area (Å²) >= 11 is 0. The molecule has 0 aromatic rings. The van der Waals surface area contributed by atoms with Crippen LogP contribution in [0.15, 0.2) is 11.8 Å². The molecule has 0 radical (unpaired) electrons. The smallest absolute Gasteiger partial charge is 0.109 e. The Morgan fingerprint density at radius 3 is 2.93 bits per heavy atom. The van der Waals surface area contributed by atoms with Gasteiger partial charge in [0.2, 0.25) is 0 Å². The van der Waals surface area contributed by atoms with E-state index in [0.29, 0.717) is 18.1 Å². The quantitative estimate of drug-likeness (QED) is 0.770. The minimum absolute atomic E-state index is 0.343. The van der Waals surface area contributed by atoms with Crippen LogP contribution in [0.3, 0.4) is 0 Å². The molecule has 0 aromatic heterocycles. The third-order valence-electron chi connectivity index (χ3n) is 3.28. The van der Waals surface area contributed by atoms with Crippen LogP contribution < -0.4 is 5.32 Å². The molecule has 2 aliphatic heterocycles. The molecule has 1 N–H and O–H groups in total. The van der Waals surface area contributed by atoms with E-state index in [9.17, 15) is 0 Å². The summed E-state index contributed by atoms with van der Waals surface area (Å²) in [7, 11) is 2.01. The van der Waals surface area contributed by atoms with E-state index in [-0.39, 0.29) is 0 Å². The monoisotopic (exact) mass is 211 g/mol. The van der Waals surface area contributed by atoms with Crippen LogP contribution in [0, 0.1) is 5.92 Å². The molecule has 3 heteroatoms. The van der Waals surface area contributed by atoms with Crippen LogP contribution in [-0.2, 0) is 9.47 Å². The topological polar surface area (TPSA) is 30.5 Å². The molecule has 2 aliphatic rings. The highest BCUT2D eigenvalue weighted by molar-refractivity contribution is 5.08. The largest absolute Gasteiger partial charge is 0.497 e. The van der Waals surface area contributed by atoms with E-state index in [4.69, 9.17) is 9.47 Å². The molecular formula is C12H21NO2. The molecule has 0 bridgehead atoms. The first kappa shape index (κ1) is 11.0. The Balaban J connectivity index is 1.99. The van der Waals surface area contributed by atoms with E-state index in [1.54, 1.807) is 0 Å². The van der Waals surface area contributed by atoms with Crippen molar-refractivity contribution in [2.45, 2.75) is 38.3 Å². The van der Waals surface area contributed by atoms with Crippen LogP contribution >= 0.6 is 0 Å². The molecule has 2 heterocycles. The van der Waals surface area contributed by atoms with Gasteiger partial charge in [0.25, 0.3) is 0 Å². The van der Waals surface area contributed by atoms with E-state index in [0.717, 1.165) is 38.2 Å². The third kappa shape index (κ3) is 2.52. The number of allylic oxidation sites excluding steroid dienone is 1. The highest BCUT2D eigenvalue weighted by atomic mass is 16.5. The molecule has 0 spiro atoms. The minimum Gasteiger partial charge on any atom is -0.497 e. The Bertz CT molecular complexity index is 240. The molecular weight excluding hydrogens is 190 g/mol. The fraction of sp³-hybridized carbons (Fsp3) is 0.833. The Labute approximate surface area is 91.8 Å². The van der Waals surface area contributed by atoms with Crippen LogP contribution in [0.25, 0.3) is 0 Å². The fourth-order valence-electron chi connectivity index (χ4n) is 2.49. The predicted octanol–water partition coefficient (Wildman–Crippen LogP) is 1.69. The van der Waals surface area contributed by atoms with E-state index in [1.807, 2.05) is 7.05 Å². The third-order valence-corrected chi connectivity index (χ3v) is 3.28. The molecule has 3 nitrogen and oxygen atoms in total. The minimum atomic E-state index is 0.343. The van der Waals surface area contributed by atoms with Gasteiger partial charge in [-0.05, 0) is 39.3 Å². The Morgan fingerprint density at radius 1 is 1.53 bits per heavy atom. The second kappa shape index (κ2) is 4.99. The van der Waals surface area contributed by atoms with Gasteiger partial charge in [-0.2, -0.15) is 0 Å². The molecule has 0 saturated carbocycles. The summed E-state index contributed by atoms with van der Waals surface area (Å²) in [6.07, 6.45) is 6.06. The lowest BCUT2D eigenvalue weighted by Crippen LogP contribution is -2.37. The van der Waals surface area contributed by atoms with Crippen LogP contribution in [0.1, 0.15) is 26.2 Å². The summed E-state index contributed by atoms with van der Waals surface area (Å²) in [4.78, 5) is 0. The summed E-state index contributed by atoms with van der Waals surface area (Å²) in [5.41, 5.74) is 0. The highest BCUT2D eigenvalue weighted by Crippen LogP contribution is 2.27. The van der Waals surface area contributed by atoms with Gasteiger partial charge in [0, 0.05) is 5.92 Å². The number of rotatable bonds is 3. The van der Waals surface area contributed by atoms with E-state index >= 15 is 0 Å². The van der Waals surface area contributed by atoms with Crippen molar-refractivity contribution in [1.29, 1.82) is 0 Å². The zero-order valence-corrected chi connectivity index (χ0v) is 9.66. The van der Waals surface area contributed by atoms with Gasteiger partial charge >= 0.3 is 0 Å². The van der Waals surface area contributed by atoms with Gasteiger partial charge in [-0.15, -0.1) is 0 Å². The molecule has 86 valence electrons. The van der Waals surface area contributed by atoms with Gasteiger partial charge in [0.1, 0.15) is 5.76 Å². The maximum atomic E-state index is 5.72. The molecule has 0 aromatic carbocycles. The molecule has 15 heavy (non-hydrogen) atoms. The fourth-order valence-corrected chi connectivity index (χ4v) is 2.49. The van der Waals surface area contributed by atoms with E-state index < -0.39 is 0 Å². The lowest BCUT2D eigenvalue weighted by atomic mass is 9.94. The average molecular weight is 211 g/mol. The van der Waals surface area contributed by atoms with Crippen LogP contribution in [0.2, 0.25) is 0 Å². The van der Waals surface area contributed by atoms with Crippen molar-refractivity contribution in [3.8, 4) is 0 Å². The molecule has 1 fully saturated rings. The van der Waals surface area contributed by atoms with Crippen molar-refractivity contribution in [3.63, 3.8) is 0 Å². The van der Waals surface area contributed by atoms with Crippen LogP contribution in [0.4, 0.5) is 0 Å². The second-order valence-electron chi connectivity index (χ2n) is 4.50.